The Morgan fingerprint density at radius 1 is 0.795 bits per heavy atom. The van der Waals surface area contributed by atoms with E-state index >= 15 is 0 Å². The second-order valence-corrected chi connectivity index (χ2v) is 13.1. The molecular weight excluding hydrogens is 565 g/mol. The molecule has 0 spiro atoms. The molecule has 1 aliphatic heterocycles. The summed E-state index contributed by atoms with van der Waals surface area (Å²) in [5.41, 5.74) is 2.27. The van der Waals surface area contributed by atoms with Crippen LogP contribution in [0.5, 0.6) is 0 Å². The monoisotopic (exact) mass is 593 g/mol. The first-order chi connectivity index (χ1) is 19.0. The predicted molar refractivity (Wildman–Crippen MR) is 165 cm³/mol. The summed E-state index contributed by atoms with van der Waals surface area (Å²) in [5, 5.41) is 2.07. The van der Waals surface area contributed by atoms with E-state index in [2.05, 4.69) is 65.8 Å². The molecule has 39 heavy (non-hydrogen) atoms. The Kier molecular flexibility index (Phi) is 7.13. The number of anilines is 1. The molecule has 0 bridgehead atoms. The third-order valence-electron chi connectivity index (χ3n) is 6.94. The van der Waals surface area contributed by atoms with Crippen LogP contribution in [0.25, 0.3) is 21.3 Å². The summed E-state index contributed by atoms with van der Waals surface area (Å²) in [6.07, 6.45) is 2.13. The molecule has 0 radical (unpaired) electrons. The van der Waals surface area contributed by atoms with Gasteiger partial charge >= 0.3 is 0 Å². The second-order valence-electron chi connectivity index (χ2n) is 9.02. The van der Waals surface area contributed by atoms with E-state index in [0.717, 1.165) is 43.0 Å². The van der Waals surface area contributed by atoms with Crippen LogP contribution in [0.1, 0.15) is 32.7 Å². The summed E-state index contributed by atoms with van der Waals surface area (Å²) in [4.78, 5) is 30.9. The van der Waals surface area contributed by atoms with Crippen molar-refractivity contribution in [1.82, 2.24) is 9.13 Å². The molecule has 0 unspecified atom stereocenters. The number of hydrogen-bond acceptors (Lipinski definition) is 7. The molecule has 3 aromatic heterocycles. The summed E-state index contributed by atoms with van der Waals surface area (Å²) in [6.45, 7) is 10.9. The van der Waals surface area contributed by atoms with Crippen molar-refractivity contribution in [3.8, 4) is 0 Å². The minimum atomic E-state index is -0.0346. The molecule has 4 heterocycles. The number of thioether (sulfide) groups is 1. The van der Waals surface area contributed by atoms with E-state index in [4.69, 9.17) is 0 Å². The van der Waals surface area contributed by atoms with Gasteiger partial charge in [0.1, 0.15) is 34.7 Å². The second kappa shape index (κ2) is 10.6. The molecule has 10 heteroatoms. The van der Waals surface area contributed by atoms with E-state index in [1.54, 1.807) is 27.7 Å². The number of benzene rings is 2. The van der Waals surface area contributed by atoms with Gasteiger partial charge in [-0.2, -0.15) is 4.57 Å². The lowest BCUT2D eigenvalue weighted by atomic mass is 10.3. The van der Waals surface area contributed by atoms with Gasteiger partial charge in [-0.3, -0.25) is 18.7 Å². The van der Waals surface area contributed by atoms with Gasteiger partial charge in [0.25, 0.3) is 16.1 Å². The van der Waals surface area contributed by atoms with Crippen molar-refractivity contribution >= 4 is 72.8 Å². The van der Waals surface area contributed by atoms with Gasteiger partial charge < -0.3 is 4.90 Å². The number of hydrogen-bond donors (Lipinski definition) is 0. The van der Waals surface area contributed by atoms with Gasteiger partial charge in [-0.1, -0.05) is 47.4 Å². The number of para-hydroxylation sites is 2. The van der Waals surface area contributed by atoms with Crippen molar-refractivity contribution in [3.63, 3.8) is 0 Å². The molecule has 6 rings (SSSR count). The van der Waals surface area contributed by atoms with Crippen molar-refractivity contribution < 1.29 is 4.57 Å². The number of nitrogens with zero attached hydrogens (tertiary/aromatic N) is 4. The fourth-order valence-corrected chi connectivity index (χ4v) is 10.2. The number of aromatic nitrogens is 3. The van der Waals surface area contributed by atoms with E-state index in [9.17, 15) is 9.59 Å². The van der Waals surface area contributed by atoms with Crippen molar-refractivity contribution in [2.45, 2.75) is 52.2 Å². The minimum Gasteiger partial charge on any atom is -0.334 e. The number of thiazole rings is 3. The highest BCUT2D eigenvalue weighted by Gasteiger charge is 2.26. The van der Waals surface area contributed by atoms with Crippen molar-refractivity contribution in [2.75, 3.05) is 11.4 Å². The summed E-state index contributed by atoms with van der Waals surface area (Å²) in [5.74, 6) is 0. The lowest BCUT2D eigenvalue weighted by molar-refractivity contribution is -0.665. The van der Waals surface area contributed by atoms with Gasteiger partial charge in [-0.25, -0.2) is 0 Å². The van der Waals surface area contributed by atoms with Crippen molar-refractivity contribution in [1.29, 1.82) is 0 Å². The Balaban J connectivity index is 1.66. The lowest BCUT2D eigenvalue weighted by Gasteiger charge is -2.16. The van der Waals surface area contributed by atoms with Crippen LogP contribution in [0.15, 0.2) is 63.0 Å². The van der Waals surface area contributed by atoms with Crippen molar-refractivity contribution in [3.05, 3.63) is 92.6 Å². The summed E-state index contributed by atoms with van der Waals surface area (Å²) < 4.78 is 10.1. The highest BCUT2D eigenvalue weighted by atomic mass is 32.2. The molecule has 5 aromatic rings. The molecular formula is C29H29N4O2S4+. The fraction of sp³-hybridized carbons (Fsp3) is 0.276. The van der Waals surface area contributed by atoms with E-state index in [1.165, 1.54) is 32.9 Å². The predicted octanol–water partition coefficient (Wildman–Crippen LogP) is 4.51. The molecule has 0 saturated heterocycles. The zero-order chi connectivity index (χ0) is 27.3. The fourth-order valence-electron chi connectivity index (χ4n) is 5.08. The third-order valence-corrected chi connectivity index (χ3v) is 11.8. The highest BCUT2D eigenvalue weighted by Crippen LogP contribution is 2.45. The number of aryl methyl sites for hydroxylation is 1. The average Bonchev–Trinajstić information content (AvgIpc) is 3.68. The molecule has 0 fully saturated rings. The summed E-state index contributed by atoms with van der Waals surface area (Å²) in [6, 6.07) is 16.7. The Morgan fingerprint density at radius 2 is 1.51 bits per heavy atom. The maximum atomic E-state index is 13.8. The quantitative estimate of drug-likeness (QED) is 0.282. The smallest absolute Gasteiger partial charge is 0.272 e. The summed E-state index contributed by atoms with van der Waals surface area (Å²) >= 11 is 6.31. The van der Waals surface area contributed by atoms with E-state index in [1.807, 2.05) is 30.5 Å². The normalized spacial score (nSPS) is 16.0. The zero-order valence-corrected chi connectivity index (χ0v) is 25.5. The zero-order valence-electron chi connectivity index (χ0n) is 22.3. The molecule has 0 amide bonds. The Bertz CT molecular complexity index is 2060. The molecule has 0 saturated carbocycles. The molecule has 2 aromatic carbocycles. The largest absolute Gasteiger partial charge is 0.334 e. The SMILES string of the molecule is CCN1/C(=c2\s/c(=c3\s/c(=C\c4sc5ccccc5[n+]4CC)n(CC)c3=O)n(CC)c2=O)Sc2ccccc21. The maximum Gasteiger partial charge on any atom is 0.272 e. The van der Waals surface area contributed by atoms with Crippen LogP contribution < -0.4 is 29.8 Å². The molecule has 0 N–H and O–H groups in total. The Hall–Kier alpha value is -2.92. The molecule has 0 aliphatic carbocycles. The first kappa shape index (κ1) is 26.3. The topological polar surface area (TPSA) is 51.1 Å². The van der Waals surface area contributed by atoms with Crippen LogP contribution in [-0.4, -0.2) is 15.7 Å². The first-order valence-corrected chi connectivity index (χ1v) is 16.4. The first-order valence-electron chi connectivity index (χ1n) is 13.2. The molecule has 200 valence electrons. The standard InChI is InChI=1S/C29H29N4O2S4/c1-5-30-18-13-9-11-15-20(18)36-22(30)17-23-32(7-3)26(34)24(38-23)29-33(8-4)27(35)25(39-29)28-31(6-2)19-14-10-12-16-21(19)37-28/h9-17H,5-8H2,1-4H3/q+1/b28-25+,29-24-. The molecule has 0 atom stereocenters. The van der Waals surface area contributed by atoms with Gasteiger partial charge in [0.05, 0.1) is 11.8 Å². The van der Waals surface area contributed by atoms with Crippen LogP contribution in [0.3, 0.4) is 0 Å². The van der Waals surface area contributed by atoms with Crippen LogP contribution in [-0.2, 0) is 19.6 Å². The Morgan fingerprint density at radius 3 is 2.26 bits per heavy atom. The Labute approximate surface area is 241 Å². The number of fused-ring (bicyclic) bond motifs is 2. The molecule has 6 nitrogen and oxygen atoms in total. The summed E-state index contributed by atoms with van der Waals surface area (Å²) in [7, 11) is 0. The van der Waals surface area contributed by atoms with Gasteiger partial charge in [0.15, 0.2) is 0 Å². The van der Waals surface area contributed by atoms with E-state index in [0.29, 0.717) is 22.2 Å². The third kappa shape index (κ3) is 4.25. The van der Waals surface area contributed by atoms with Gasteiger partial charge in [-0.05, 0) is 45.9 Å². The molecule has 1 aliphatic rings. The van der Waals surface area contributed by atoms with E-state index in [-0.39, 0.29) is 11.1 Å². The van der Waals surface area contributed by atoms with Crippen LogP contribution in [0.4, 0.5) is 5.69 Å². The van der Waals surface area contributed by atoms with Crippen LogP contribution >= 0.6 is 45.8 Å². The van der Waals surface area contributed by atoms with Crippen LogP contribution in [0, 0.1) is 9.20 Å². The maximum absolute atomic E-state index is 13.8. The lowest BCUT2D eigenvalue weighted by Crippen LogP contribution is -2.34. The average molecular weight is 594 g/mol. The van der Waals surface area contributed by atoms with Crippen LogP contribution in [0.2, 0.25) is 0 Å². The minimum absolute atomic E-state index is 0.0269. The highest BCUT2D eigenvalue weighted by molar-refractivity contribution is 8.08. The van der Waals surface area contributed by atoms with Crippen molar-refractivity contribution in [2.24, 2.45) is 0 Å². The van der Waals surface area contributed by atoms with Gasteiger partial charge in [-0.15, -0.1) is 22.7 Å². The van der Waals surface area contributed by atoms with E-state index < -0.39 is 0 Å². The van der Waals surface area contributed by atoms with Gasteiger partial charge in [0.2, 0.25) is 5.52 Å². The number of rotatable bonds is 5. The van der Waals surface area contributed by atoms with Gasteiger partial charge in [0, 0.05) is 30.6 Å².